The van der Waals surface area contributed by atoms with Crippen LogP contribution in [0, 0.1) is 0 Å². The van der Waals surface area contributed by atoms with Crippen molar-refractivity contribution in [3.8, 4) is 5.75 Å². The molecule has 30 heavy (non-hydrogen) atoms. The number of hydrogen-bond donors (Lipinski definition) is 4. The molecule has 1 aliphatic heterocycles. The minimum absolute atomic E-state index is 0.0285. The summed E-state index contributed by atoms with van der Waals surface area (Å²) < 4.78 is 30.4. The van der Waals surface area contributed by atoms with Gasteiger partial charge >= 0.3 is 16.2 Å². The summed E-state index contributed by atoms with van der Waals surface area (Å²) in [5.74, 6) is -1.35. The zero-order valence-electron chi connectivity index (χ0n) is 16.4. The van der Waals surface area contributed by atoms with Crippen LogP contribution < -0.4 is 25.5 Å². The fraction of sp³-hybridized carbons (Fsp3) is 0.316. The average Bonchev–Trinajstić information content (AvgIpc) is 3.00. The van der Waals surface area contributed by atoms with Crippen LogP contribution in [0.5, 0.6) is 5.75 Å². The SMILES string of the molecule is CCC(CO)Nc1ccc(S(=O)(=O)Oc2ccc3c(c2)=NC(C)(NC(=O)O)N=3)cc1. The number of amides is 1. The molecule has 0 spiro atoms. The summed E-state index contributed by atoms with van der Waals surface area (Å²) in [7, 11) is -4.09. The van der Waals surface area contributed by atoms with Crippen molar-refractivity contribution in [3.05, 3.63) is 53.2 Å². The first kappa shape index (κ1) is 21.5. The lowest BCUT2D eigenvalue weighted by atomic mass is 10.2. The number of rotatable bonds is 8. The molecule has 0 aliphatic carbocycles. The van der Waals surface area contributed by atoms with E-state index in [0.29, 0.717) is 16.4 Å². The number of benzene rings is 2. The maximum atomic E-state index is 12.6. The highest BCUT2D eigenvalue weighted by atomic mass is 32.2. The molecule has 3 rings (SSSR count). The van der Waals surface area contributed by atoms with Gasteiger partial charge in [0.2, 0.25) is 5.79 Å². The summed E-state index contributed by atoms with van der Waals surface area (Å²) in [4.78, 5) is 19.2. The number of aliphatic hydroxyl groups excluding tert-OH is 1. The minimum Gasteiger partial charge on any atom is -0.465 e. The molecule has 2 aromatic carbocycles. The quantitative estimate of drug-likeness (QED) is 0.450. The van der Waals surface area contributed by atoms with Gasteiger partial charge in [0.05, 0.1) is 17.3 Å². The van der Waals surface area contributed by atoms with Crippen LogP contribution in [-0.2, 0) is 10.1 Å². The number of nitrogens with one attached hydrogen (secondary N) is 2. The van der Waals surface area contributed by atoms with Crippen LogP contribution in [-0.4, -0.2) is 43.2 Å². The minimum atomic E-state index is -4.09. The second kappa shape index (κ2) is 8.28. The summed E-state index contributed by atoms with van der Waals surface area (Å²) in [6.07, 6.45) is -0.560. The van der Waals surface area contributed by atoms with Gasteiger partial charge in [0, 0.05) is 24.7 Å². The molecule has 2 atom stereocenters. The van der Waals surface area contributed by atoms with Crippen LogP contribution in [0.3, 0.4) is 0 Å². The molecule has 2 aromatic rings. The number of carboxylic acid groups (broad SMARTS) is 1. The van der Waals surface area contributed by atoms with Crippen LogP contribution in [0.4, 0.5) is 10.5 Å². The molecule has 0 bridgehead atoms. The summed E-state index contributed by atoms with van der Waals surface area (Å²) >= 11 is 0. The molecule has 0 saturated heterocycles. The Balaban J connectivity index is 1.79. The molecule has 0 aromatic heterocycles. The van der Waals surface area contributed by atoms with Gasteiger partial charge in [0.25, 0.3) is 0 Å². The maximum absolute atomic E-state index is 12.6. The highest BCUT2D eigenvalue weighted by molar-refractivity contribution is 7.87. The molecule has 0 saturated carbocycles. The van der Waals surface area contributed by atoms with Crippen molar-refractivity contribution in [2.45, 2.75) is 37.0 Å². The Hall–Kier alpha value is -3.18. The predicted octanol–water partition coefficient (Wildman–Crippen LogP) is 0.831. The van der Waals surface area contributed by atoms with Gasteiger partial charge < -0.3 is 19.7 Å². The molecule has 0 radical (unpaired) electrons. The molecule has 11 heteroatoms. The fourth-order valence-electron chi connectivity index (χ4n) is 2.90. The van der Waals surface area contributed by atoms with Gasteiger partial charge in [-0.05, 0) is 42.8 Å². The van der Waals surface area contributed by atoms with E-state index in [1.165, 1.54) is 37.3 Å². The van der Waals surface area contributed by atoms with E-state index in [9.17, 15) is 18.3 Å². The number of aliphatic hydroxyl groups is 1. The molecule has 1 heterocycles. The van der Waals surface area contributed by atoms with Gasteiger partial charge in [-0.3, -0.25) is 5.32 Å². The topological polar surface area (TPSA) is 150 Å². The monoisotopic (exact) mass is 434 g/mol. The van der Waals surface area contributed by atoms with Crippen molar-refractivity contribution in [2.75, 3.05) is 11.9 Å². The standard InChI is InChI=1S/C19H22N4O6S/c1-3-12(11-24)20-13-4-7-15(8-5-13)30(27,28)29-14-6-9-16-17(10-14)22-19(2,21-16)23-18(25)26/h4-10,12,20,23-24H,3,11H2,1-2H3,(H,25,26). The third kappa shape index (κ3) is 4.86. The van der Waals surface area contributed by atoms with Crippen LogP contribution in [0.15, 0.2) is 57.3 Å². The van der Waals surface area contributed by atoms with E-state index in [1.807, 2.05) is 6.92 Å². The average molecular weight is 434 g/mol. The van der Waals surface area contributed by atoms with Crippen molar-refractivity contribution >= 4 is 21.9 Å². The predicted molar refractivity (Wildman–Crippen MR) is 107 cm³/mol. The molecule has 2 unspecified atom stereocenters. The lowest BCUT2D eigenvalue weighted by molar-refractivity contribution is 0.182. The zero-order valence-corrected chi connectivity index (χ0v) is 17.2. The highest BCUT2D eigenvalue weighted by Crippen LogP contribution is 2.20. The molecule has 0 fully saturated rings. The lowest BCUT2D eigenvalue weighted by Crippen LogP contribution is -2.41. The Morgan fingerprint density at radius 3 is 2.43 bits per heavy atom. The third-order valence-corrected chi connectivity index (χ3v) is 5.66. The number of nitrogens with zero attached hydrogens (tertiary/aromatic N) is 2. The van der Waals surface area contributed by atoms with Crippen molar-refractivity contribution in [2.24, 2.45) is 9.98 Å². The van der Waals surface area contributed by atoms with Gasteiger partial charge in [-0.2, -0.15) is 8.42 Å². The molecule has 1 aliphatic rings. The molecule has 4 N–H and O–H groups in total. The van der Waals surface area contributed by atoms with Gasteiger partial charge in [-0.1, -0.05) is 6.92 Å². The molecular formula is C19H22N4O6S. The van der Waals surface area contributed by atoms with Crippen molar-refractivity contribution < 1.29 is 27.6 Å². The summed E-state index contributed by atoms with van der Waals surface area (Å²) in [5.41, 5.74) is 0.679. The number of anilines is 1. The maximum Gasteiger partial charge on any atom is 0.408 e. The van der Waals surface area contributed by atoms with Crippen molar-refractivity contribution in [1.29, 1.82) is 0 Å². The van der Waals surface area contributed by atoms with Gasteiger partial charge in [-0.15, -0.1) is 0 Å². The van der Waals surface area contributed by atoms with E-state index in [-0.39, 0.29) is 23.3 Å². The number of hydrogen-bond acceptors (Lipinski definition) is 8. The van der Waals surface area contributed by atoms with Crippen LogP contribution in [0.25, 0.3) is 0 Å². The van der Waals surface area contributed by atoms with Crippen LogP contribution in [0.2, 0.25) is 0 Å². The first-order chi connectivity index (χ1) is 14.1. The van der Waals surface area contributed by atoms with Gasteiger partial charge in [0.1, 0.15) is 10.6 Å². The smallest absolute Gasteiger partial charge is 0.408 e. The Labute approximate surface area is 173 Å². The summed E-state index contributed by atoms with van der Waals surface area (Å²) in [5, 5.41) is 24.2. The van der Waals surface area contributed by atoms with Gasteiger partial charge in [-0.25, -0.2) is 14.8 Å². The van der Waals surface area contributed by atoms with E-state index in [2.05, 4.69) is 20.6 Å². The summed E-state index contributed by atoms with van der Waals surface area (Å²) in [6.45, 7) is 3.38. The highest BCUT2D eigenvalue weighted by Gasteiger charge is 2.27. The Morgan fingerprint density at radius 1 is 1.17 bits per heavy atom. The van der Waals surface area contributed by atoms with Crippen molar-refractivity contribution in [1.82, 2.24) is 5.32 Å². The van der Waals surface area contributed by atoms with E-state index >= 15 is 0 Å². The molecule has 10 nitrogen and oxygen atoms in total. The Bertz CT molecular complexity index is 1160. The van der Waals surface area contributed by atoms with E-state index in [1.54, 1.807) is 12.1 Å². The third-order valence-electron chi connectivity index (χ3n) is 4.40. The zero-order chi connectivity index (χ0) is 21.9. The van der Waals surface area contributed by atoms with E-state index in [0.717, 1.165) is 6.42 Å². The van der Waals surface area contributed by atoms with E-state index < -0.39 is 22.0 Å². The largest absolute Gasteiger partial charge is 0.465 e. The normalized spacial score (nSPS) is 18.5. The first-order valence-electron chi connectivity index (χ1n) is 9.17. The number of fused-ring (bicyclic) bond motifs is 1. The van der Waals surface area contributed by atoms with Gasteiger partial charge in [0.15, 0.2) is 0 Å². The summed E-state index contributed by atoms with van der Waals surface area (Å²) in [6, 6.07) is 10.2. The number of carbonyl (C=O) groups is 1. The Kier molecular flexibility index (Phi) is 5.94. The fourth-order valence-corrected chi connectivity index (χ4v) is 3.82. The lowest BCUT2D eigenvalue weighted by Gasteiger charge is -2.16. The Morgan fingerprint density at radius 2 is 1.83 bits per heavy atom. The van der Waals surface area contributed by atoms with Crippen LogP contribution in [0.1, 0.15) is 20.3 Å². The van der Waals surface area contributed by atoms with Crippen molar-refractivity contribution in [3.63, 3.8) is 0 Å². The first-order valence-corrected chi connectivity index (χ1v) is 10.6. The second-order valence-corrected chi connectivity index (χ2v) is 8.37. The second-order valence-electron chi connectivity index (χ2n) is 6.82. The van der Waals surface area contributed by atoms with E-state index in [4.69, 9.17) is 9.29 Å². The molecule has 160 valence electrons. The van der Waals surface area contributed by atoms with Crippen LogP contribution >= 0.6 is 0 Å². The molecule has 1 amide bonds. The molecular weight excluding hydrogens is 412 g/mol.